The molecule has 0 bridgehead atoms. The molecule has 1 N–H and O–H groups in total. The first kappa shape index (κ1) is 22.7. The summed E-state index contributed by atoms with van der Waals surface area (Å²) in [4.78, 5) is 6.30. The van der Waals surface area contributed by atoms with Crippen molar-refractivity contribution >= 4 is 26.7 Å². The van der Waals surface area contributed by atoms with Crippen molar-refractivity contribution in [3.8, 4) is 11.8 Å². The Morgan fingerprint density at radius 2 is 2.00 bits per heavy atom. The molecule has 176 valence electrons. The molecule has 2 aromatic carbocycles. The third-order valence-electron chi connectivity index (χ3n) is 6.37. The Morgan fingerprint density at radius 3 is 2.74 bits per heavy atom. The Bertz CT molecular complexity index is 1310. The highest BCUT2D eigenvalue weighted by atomic mass is 32.2. The summed E-state index contributed by atoms with van der Waals surface area (Å²) in [6.07, 6.45) is 3.43. The van der Waals surface area contributed by atoms with E-state index >= 15 is 0 Å². The van der Waals surface area contributed by atoms with Gasteiger partial charge in [0.1, 0.15) is 17.9 Å². The number of piperidine rings is 1. The normalized spacial score (nSPS) is 22.9. The zero-order chi connectivity index (χ0) is 23.7. The lowest BCUT2D eigenvalue weighted by Crippen LogP contribution is -2.41. The van der Waals surface area contributed by atoms with E-state index < -0.39 is 10.0 Å². The number of hydrogen-bond donors (Lipinski definition) is 1. The molecule has 34 heavy (non-hydrogen) atoms. The minimum absolute atomic E-state index is 0.00804. The average molecular weight is 500 g/mol. The van der Waals surface area contributed by atoms with Gasteiger partial charge in [-0.2, -0.15) is 9.64 Å². The molecule has 8 nitrogen and oxygen atoms in total. The van der Waals surface area contributed by atoms with Crippen LogP contribution in [0.15, 0.2) is 53.7 Å². The molecule has 1 fully saturated rings. The highest BCUT2D eigenvalue weighted by Crippen LogP contribution is 2.45. The molecule has 0 spiro atoms. The van der Waals surface area contributed by atoms with E-state index in [9.17, 15) is 18.1 Å². The predicted molar refractivity (Wildman–Crippen MR) is 124 cm³/mol. The van der Waals surface area contributed by atoms with E-state index in [1.165, 1.54) is 18.5 Å². The smallest absolute Gasteiger partial charge is 0.263 e. The summed E-state index contributed by atoms with van der Waals surface area (Å²) < 4.78 is 51.3. The number of ether oxygens (including phenoxy) is 1. The summed E-state index contributed by atoms with van der Waals surface area (Å²) in [5.41, 5.74) is 1.87. The van der Waals surface area contributed by atoms with E-state index in [-0.39, 0.29) is 33.8 Å². The van der Waals surface area contributed by atoms with Gasteiger partial charge in [-0.3, -0.25) is 9.62 Å². The van der Waals surface area contributed by atoms with Crippen molar-refractivity contribution in [2.75, 3.05) is 17.9 Å². The summed E-state index contributed by atoms with van der Waals surface area (Å²) in [5.74, 6) is 0.163. The van der Waals surface area contributed by atoms with E-state index in [0.29, 0.717) is 25.3 Å². The zero-order valence-corrected chi connectivity index (χ0v) is 19.7. The summed E-state index contributed by atoms with van der Waals surface area (Å²) in [5, 5.41) is 9.73. The second kappa shape index (κ2) is 9.29. The number of sulfonamides is 1. The van der Waals surface area contributed by atoms with Crippen LogP contribution in [0.2, 0.25) is 0 Å². The van der Waals surface area contributed by atoms with Crippen LogP contribution in [0.4, 0.5) is 9.52 Å². The van der Waals surface area contributed by atoms with Crippen molar-refractivity contribution in [1.29, 1.82) is 5.26 Å². The number of nitrogens with one attached hydrogen (secondary N) is 1. The molecule has 0 amide bonds. The molecule has 5 rings (SSSR count). The SMILES string of the molecule is N#CC1CCN([C@@H]2CCOc3cc(S(=O)(=O)Nc4ncns4)ccc32)[C@H](c2ccc(F)cc2)C1. The lowest BCUT2D eigenvalue weighted by molar-refractivity contribution is 0.0550. The molecule has 3 heterocycles. The molecule has 1 unspecified atom stereocenters. The highest BCUT2D eigenvalue weighted by Gasteiger charge is 2.37. The van der Waals surface area contributed by atoms with Gasteiger partial charge in [0.15, 0.2) is 0 Å². The quantitative estimate of drug-likeness (QED) is 0.558. The summed E-state index contributed by atoms with van der Waals surface area (Å²) in [7, 11) is -3.83. The number of nitrogens with zero attached hydrogens (tertiary/aromatic N) is 4. The van der Waals surface area contributed by atoms with Gasteiger partial charge < -0.3 is 4.74 Å². The minimum Gasteiger partial charge on any atom is -0.493 e. The van der Waals surface area contributed by atoms with Gasteiger partial charge >= 0.3 is 0 Å². The number of benzene rings is 2. The van der Waals surface area contributed by atoms with Gasteiger partial charge in [0.05, 0.1) is 17.6 Å². The molecule has 2 aliphatic rings. The molecular weight excluding hydrogens is 477 g/mol. The molecule has 1 saturated heterocycles. The van der Waals surface area contributed by atoms with Crippen LogP contribution < -0.4 is 9.46 Å². The average Bonchev–Trinajstić information content (AvgIpc) is 3.36. The Kier molecular flexibility index (Phi) is 6.20. The number of fused-ring (bicyclic) bond motifs is 1. The first-order valence-electron chi connectivity index (χ1n) is 10.9. The van der Waals surface area contributed by atoms with Crippen molar-refractivity contribution in [3.05, 3.63) is 65.7 Å². The van der Waals surface area contributed by atoms with Crippen LogP contribution >= 0.6 is 11.5 Å². The molecule has 0 saturated carbocycles. The second-order valence-electron chi connectivity index (χ2n) is 8.36. The fraction of sp³-hybridized carbons (Fsp3) is 0.348. The maximum atomic E-state index is 13.6. The van der Waals surface area contributed by atoms with Crippen molar-refractivity contribution in [2.24, 2.45) is 5.92 Å². The molecule has 2 aliphatic heterocycles. The van der Waals surface area contributed by atoms with E-state index in [4.69, 9.17) is 4.74 Å². The van der Waals surface area contributed by atoms with Crippen molar-refractivity contribution < 1.29 is 17.5 Å². The Balaban J connectivity index is 1.46. The van der Waals surface area contributed by atoms with Crippen LogP contribution in [0.5, 0.6) is 5.75 Å². The number of aromatic nitrogens is 2. The first-order valence-corrected chi connectivity index (χ1v) is 13.2. The van der Waals surface area contributed by atoms with Crippen LogP contribution in [0.1, 0.15) is 42.5 Å². The number of hydrogen-bond acceptors (Lipinski definition) is 8. The van der Waals surface area contributed by atoms with E-state index in [1.54, 1.807) is 30.3 Å². The van der Waals surface area contributed by atoms with Gasteiger partial charge in [0, 0.05) is 54.1 Å². The van der Waals surface area contributed by atoms with Crippen LogP contribution in [0.25, 0.3) is 0 Å². The van der Waals surface area contributed by atoms with Crippen molar-refractivity contribution in [3.63, 3.8) is 0 Å². The van der Waals surface area contributed by atoms with Crippen LogP contribution in [-0.4, -0.2) is 35.8 Å². The van der Waals surface area contributed by atoms with E-state index in [2.05, 4.69) is 25.0 Å². The van der Waals surface area contributed by atoms with Gasteiger partial charge in [-0.15, -0.1) is 0 Å². The molecule has 1 aromatic heterocycles. The van der Waals surface area contributed by atoms with Gasteiger partial charge in [-0.25, -0.2) is 17.8 Å². The Morgan fingerprint density at radius 1 is 1.18 bits per heavy atom. The van der Waals surface area contributed by atoms with Gasteiger partial charge in [-0.05, 0) is 36.6 Å². The molecule has 0 radical (unpaired) electrons. The van der Waals surface area contributed by atoms with Gasteiger partial charge in [-0.1, -0.05) is 18.2 Å². The molecule has 0 aliphatic carbocycles. The molecule has 3 aromatic rings. The van der Waals surface area contributed by atoms with Crippen molar-refractivity contribution in [1.82, 2.24) is 14.3 Å². The van der Waals surface area contributed by atoms with E-state index in [1.807, 2.05) is 0 Å². The zero-order valence-electron chi connectivity index (χ0n) is 18.1. The number of anilines is 1. The Labute approximate surface area is 201 Å². The lowest BCUT2D eigenvalue weighted by Gasteiger charge is -2.44. The van der Waals surface area contributed by atoms with Crippen LogP contribution in [0.3, 0.4) is 0 Å². The minimum atomic E-state index is -3.83. The summed E-state index contributed by atoms with van der Waals surface area (Å²) in [6.45, 7) is 1.16. The Hall–Kier alpha value is -3.07. The monoisotopic (exact) mass is 499 g/mol. The second-order valence-corrected chi connectivity index (χ2v) is 10.8. The fourth-order valence-electron chi connectivity index (χ4n) is 4.74. The highest BCUT2D eigenvalue weighted by molar-refractivity contribution is 7.93. The predicted octanol–water partition coefficient (Wildman–Crippen LogP) is 4.28. The topological polar surface area (TPSA) is 108 Å². The molecule has 11 heteroatoms. The standard InChI is InChI=1S/C23H22FN5O3S2/c24-17-3-1-16(2-4-17)21-11-15(13-25)7-9-29(21)20-8-10-32-22-12-18(5-6-19(20)22)34(30,31)28-23-26-14-27-33-23/h1-6,12,14-15,20-21H,7-11H2,(H,26,27,28)/t15?,20-,21+/m1/s1. The maximum absolute atomic E-state index is 13.6. The first-order chi connectivity index (χ1) is 16.4. The van der Waals surface area contributed by atoms with E-state index in [0.717, 1.165) is 35.5 Å². The van der Waals surface area contributed by atoms with Crippen LogP contribution in [0, 0.1) is 23.1 Å². The summed E-state index contributed by atoms with van der Waals surface area (Å²) in [6, 6.07) is 13.7. The maximum Gasteiger partial charge on any atom is 0.263 e. The van der Waals surface area contributed by atoms with Gasteiger partial charge in [0.25, 0.3) is 10.0 Å². The largest absolute Gasteiger partial charge is 0.493 e. The third-order valence-corrected chi connectivity index (χ3v) is 8.41. The third kappa shape index (κ3) is 4.49. The van der Waals surface area contributed by atoms with Crippen molar-refractivity contribution in [2.45, 2.75) is 36.2 Å². The number of likely N-dealkylation sites (tertiary alicyclic amines) is 1. The van der Waals surface area contributed by atoms with Crippen LogP contribution in [-0.2, 0) is 10.0 Å². The molecule has 3 atom stereocenters. The lowest BCUT2D eigenvalue weighted by atomic mass is 9.85. The number of halogens is 1. The van der Waals surface area contributed by atoms with Gasteiger partial charge in [0.2, 0.25) is 5.13 Å². The number of rotatable bonds is 5. The molecular formula is C23H22FN5O3S2. The fourth-order valence-corrected chi connectivity index (χ4v) is 6.42. The number of nitriles is 1. The summed E-state index contributed by atoms with van der Waals surface area (Å²) >= 11 is 0.958.